The Morgan fingerprint density at radius 3 is 2.30 bits per heavy atom. The van der Waals surface area contributed by atoms with E-state index in [2.05, 4.69) is 16.7 Å². The molecule has 0 fully saturated rings. The highest BCUT2D eigenvalue weighted by Gasteiger charge is 2.30. The Hall–Kier alpha value is -2.18. The smallest absolute Gasteiger partial charge is 0.417 e. The Labute approximate surface area is 162 Å². The quantitative estimate of drug-likeness (QED) is 0.719. The van der Waals surface area contributed by atoms with Gasteiger partial charge in [-0.2, -0.15) is 0 Å². The van der Waals surface area contributed by atoms with E-state index in [0.29, 0.717) is 0 Å². The van der Waals surface area contributed by atoms with Crippen LogP contribution in [0.1, 0.15) is 32.3 Å². The number of carbonyl (C=O) groups excluding carboxylic acids is 1. The monoisotopic (exact) mass is 377 g/mol. The first-order valence-corrected chi connectivity index (χ1v) is 9.27. The minimum atomic E-state index is -0.442. The molecule has 1 aliphatic rings. The molecule has 0 N–H and O–H groups in total. The molecular weight excluding hydrogens is 345 g/mol. The lowest BCUT2D eigenvalue weighted by molar-refractivity contribution is 0.130. The third-order valence-corrected chi connectivity index (χ3v) is 4.40. The molecule has 1 amide bonds. The molecule has 2 unspecified atom stereocenters. The van der Waals surface area contributed by atoms with Gasteiger partial charge in [0.05, 0.1) is 13.3 Å². The molecule has 0 bridgehead atoms. The lowest BCUT2D eigenvalue weighted by Gasteiger charge is -2.39. The number of hydrogen-bond acceptors (Lipinski definition) is 4. The maximum Gasteiger partial charge on any atom is 0.417 e. The molecule has 0 aliphatic carbocycles. The minimum Gasteiger partial charge on any atom is -0.452 e. The topological polar surface area (TPSA) is 36.0 Å². The molecule has 0 spiro atoms. The average Bonchev–Trinajstić information content (AvgIpc) is 2.69. The van der Waals surface area contributed by atoms with Gasteiger partial charge in [0, 0.05) is 18.3 Å². The van der Waals surface area contributed by atoms with E-state index in [4.69, 9.17) is 4.74 Å². The van der Waals surface area contributed by atoms with Crippen LogP contribution in [0.4, 0.5) is 9.18 Å². The summed E-state index contributed by atoms with van der Waals surface area (Å²) in [5, 5.41) is 0. The first-order valence-electron chi connectivity index (χ1n) is 9.27. The van der Waals surface area contributed by atoms with Gasteiger partial charge in [0.2, 0.25) is 0 Å². The van der Waals surface area contributed by atoms with Crippen molar-refractivity contribution in [2.75, 3.05) is 34.8 Å². The van der Waals surface area contributed by atoms with Crippen LogP contribution in [0, 0.1) is 5.82 Å². The normalized spacial score (nSPS) is 17.3. The van der Waals surface area contributed by atoms with E-state index in [1.807, 2.05) is 47.3 Å². The Bertz CT molecular complexity index is 656. The number of benzene rings is 1. The summed E-state index contributed by atoms with van der Waals surface area (Å²) in [7, 11) is 7.39. The highest BCUT2D eigenvalue weighted by molar-refractivity contribution is 5.71. The van der Waals surface area contributed by atoms with Crippen LogP contribution < -0.4 is 0 Å². The van der Waals surface area contributed by atoms with Gasteiger partial charge in [0.15, 0.2) is 0 Å². The van der Waals surface area contributed by atoms with Crippen molar-refractivity contribution in [3.8, 4) is 0 Å². The number of amides is 1. The molecule has 1 heterocycles. The van der Waals surface area contributed by atoms with Gasteiger partial charge in [-0.3, -0.25) is 14.7 Å². The Morgan fingerprint density at radius 1 is 1.22 bits per heavy atom. The molecule has 1 aromatic rings. The third kappa shape index (κ3) is 5.65. The zero-order chi connectivity index (χ0) is 20.6. The molecular formula is C21H32FN3O2. The second-order valence-electron chi connectivity index (χ2n) is 6.29. The number of ether oxygens (including phenoxy) is 1. The summed E-state index contributed by atoms with van der Waals surface area (Å²) in [5.41, 5.74) is 2.00. The molecule has 150 valence electrons. The van der Waals surface area contributed by atoms with E-state index in [9.17, 15) is 9.18 Å². The molecule has 0 saturated heterocycles. The van der Waals surface area contributed by atoms with Crippen molar-refractivity contribution < 1.29 is 13.9 Å². The van der Waals surface area contributed by atoms with Crippen LogP contribution in [0.2, 0.25) is 0 Å². The van der Waals surface area contributed by atoms with Gasteiger partial charge < -0.3 is 4.74 Å². The fourth-order valence-corrected chi connectivity index (χ4v) is 3.11. The molecule has 0 saturated carbocycles. The van der Waals surface area contributed by atoms with Crippen molar-refractivity contribution in [1.29, 1.82) is 0 Å². The van der Waals surface area contributed by atoms with Gasteiger partial charge in [-0.1, -0.05) is 39.0 Å². The van der Waals surface area contributed by atoms with Crippen LogP contribution in [0.5, 0.6) is 0 Å². The summed E-state index contributed by atoms with van der Waals surface area (Å²) in [5.74, 6) is -0.317. The molecule has 1 aromatic carbocycles. The van der Waals surface area contributed by atoms with E-state index < -0.39 is 6.09 Å². The number of allylic oxidation sites excluding steroid dienone is 1. The van der Waals surface area contributed by atoms with Crippen molar-refractivity contribution in [3.05, 3.63) is 59.7 Å². The SMILES string of the molecule is CC.CCN(C)C(C1=CN(C(=O)OC)C=CC1c1ccc(F)cc1)N(C)C. The summed E-state index contributed by atoms with van der Waals surface area (Å²) >= 11 is 0. The summed E-state index contributed by atoms with van der Waals surface area (Å²) in [6.07, 6.45) is 5.00. The van der Waals surface area contributed by atoms with E-state index in [0.717, 1.165) is 17.7 Å². The van der Waals surface area contributed by atoms with E-state index in [1.165, 1.54) is 24.1 Å². The summed E-state index contributed by atoms with van der Waals surface area (Å²) in [6.45, 7) is 6.93. The van der Waals surface area contributed by atoms with Gasteiger partial charge in [-0.05, 0) is 51.0 Å². The summed E-state index contributed by atoms with van der Waals surface area (Å²) in [4.78, 5) is 17.7. The summed E-state index contributed by atoms with van der Waals surface area (Å²) in [6, 6.07) is 6.48. The standard InChI is InChI=1S/C19H26FN3O2.C2H6/c1-6-22(4)18(21(2)3)17-13-23(19(24)25-5)12-11-16(17)14-7-9-15(20)10-8-14;1-2/h7-13,16,18H,6H2,1-5H3;1-2H3. The van der Waals surface area contributed by atoms with Gasteiger partial charge in [0.25, 0.3) is 0 Å². The molecule has 1 aliphatic heterocycles. The number of rotatable bonds is 5. The van der Waals surface area contributed by atoms with Crippen LogP contribution in [0.15, 0.2) is 48.3 Å². The number of nitrogens with zero attached hydrogens (tertiary/aromatic N) is 3. The number of hydrogen-bond donors (Lipinski definition) is 0. The number of likely N-dealkylation sites (N-methyl/N-ethyl adjacent to an activating group) is 2. The Balaban J connectivity index is 0.00000176. The van der Waals surface area contributed by atoms with Crippen molar-refractivity contribution in [3.63, 3.8) is 0 Å². The van der Waals surface area contributed by atoms with Gasteiger partial charge >= 0.3 is 6.09 Å². The highest BCUT2D eigenvalue weighted by Crippen LogP contribution is 2.34. The molecule has 2 rings (SSSR count). The minimum absolute atomic E-state index is 0.0165. The highest BCUT2D eigenvalue weighted by atomic mass is 19.1. The maximum atomic E-state index is 13.3. The second kappa shape index (κ2) is 10.8. The first kappa shape index (κ1) is 22.9. The number of methoxy groups -OCH3 is 1. The third-order valence-electron chi connectivity index (χ3n) is 4.40. The summed E-state index contributed by atoms with van der Waals surface area (Å²) < 4.78 is 18.2. The van der Waals surface area contributed by atoms with Crippen LogP contribution in [0.3, 0.4) is 0 Å². The maximum absolute atomic E-state index is 13.3. The van der Waals surface area contributed by atoms with Crippen LogP contribution in [-0.2, 0) is 4.74 Å². The van der Waals surface area contributed by atoms with Crippen molar-refractivity contribution in [2.45, 2.75) is 32.9 Å². The van der Waals surface area contributed by atoms with Gasteiger partial charge in [-0.15, -0.1) is 0 Å². The van der Waals surface area contributed by atoms with Crippen LogP contribution in [0.25, 0.3) is 0 Å². The van der Waals surface area contributed by atoms with Gasteiger partial charge in [-0.25, -0.2) is 9.18 Å². The molecule has 5 nitrogen and oxygen atoms in total. The van der Waals surface area contributed by atoms with E-state index in [1.54, 1.807) is 18.3 Å². The Morgan fingerprint density at radius 2 is 1.81 bits per heavy atom. The Kier molecular flexibility index (Phi) is 9.18. The number of carbonyl (C=O) groups is 1. The molecule has 6 heteroatoms. The largest absolute Gasteiger partial charge is 0.452 e. The number of halogens is 1. The second-order valence-corrected chi connectivity index (χ2v) is 6.29. The predicted molar refractivity (Wildman–Crippen MR) is 108 cm³/mol. The zero-order valence-electron chi connectivity index (χ0n) is 17.4. The predicted octanol–water partition coefficient (Wildman–Crippen LogP) is 4.25. The van der Waals surface area contributed by atoms with Gasteiger partial charge in [0.1, 0.15) is 5.82 Å². The average molecular weight is 378 g/mol. The molecule has 27 heavy (non-hydrogen) atoms. The fraction of sp³-hybridized carbons (Fsp3) is 0.476. The zero-order valence-corrected chi connectivity index (χ0v) is 17.4. The van der Waals surface area contributed by atoms with Crippen LogP contribution >= 0.6 is 0 Å². The lowest BCUT2D eigenvalue weighted by atomic mass is 9.87. The van der Waals surface area contributed by atoms with E-state index in [-0.39, 0.29) is 17.9 Å². The molecule has 2 atom stereocenters. The lowest BCUT2D eigenvalue weighted by Crippen LogP contribution is -2.46. The van der Waals surface area contributed by atoms with Crippen molar-refractivity contribution in [1.82, 2.24) is 14.7 Å². The van der Waals surface area contributed by atoms with E-state index >= 15 is 0 Å². The van der Waals surface area contributed by atoms with Crippen molar-refractivity contribution in [2.24, 2.45) is 0 Å². The van der Waals surface area contributed by atoms with Crippen molar-refractivity contribution >= 4 is 6.09 Å². The molecule has 0 aromatic heterocycles. The first-order chi connectivity index (χ1) is 12.9. The van der Waals surface area contributed by atoms with Crippen LogP contribution in [-0.4, -0.2) is 61.8 Å². The molecule has 0 radical (unpaired) electrons. The fourth-order valence-electron chi connectivity index (χ4n) is 3.11.